The molecule has 9 heterocycles. The van der Waals surface area contributed by atoms with Gasteiger partial charge >= 0.3 is 17.1 Å². The van der Waals surface area contributed by atoms with Gasteiger partial charge in [-0.2, -0.15) is 4.98 Å². The fourth-order valence-corrected chi connectivity index (χ4v) is 12.5. The summed E-state index contributed by atoms with van der Waals surface area (Å²) in [5.41, 5.74) is 7.58. The lowest BCUT2D eigenvalue weighted by atomic mass is 9.96. The third-order valence-electron chi connectivity index (χ3n) is 15.7. The maximum Gasteiger partial charge on any atom is 0.332 e. The van der Waals surface area contributed by atoms with Crippen molar-refractivity contribution in [2.75, 3.05) is 25.7 Å². The number of aromatic amines is 1. The predicted octanol–water partition coefficient (Wildman–Crippen LogP) is 8.04. The summed E-state index contributed by atoms with van der Waals surface area (Å²) in [6.45, 7) is 1.14. The van der Waals surface area contributed by atoms with Gasteiger partial charge in [-0.3, -0.25) is 46.4 Å². The van der Waals surface area contributed by atoms with E-state index in [0.29, 0.717) is 111 Å². The first kappa shape index (κ1) is 64.8. The summed E-state index contributed by atoms with van der Waals surface area (Å²) in [5.74, 6) is 4.75. The van der Waals surface area contributed by atoms with Crippen LogP contribution < -0.4 is 73.2 Å². The van der Waals surface area contributed by atoms with Gasteiger partial charge in [0.2, 0.25) is 26.3 Å². The van der Waals surface area contributed by atoms with Crippen molar-refractivity contribution in [1.82, 2.24) is 56.5 Å². The lowest BCUT2D eigenvalue weighted by Gasteiger charge is -2.23. The highest BCUT2D eigenvalue weighted by atomic mass is 79.9. The van der Waals surface area contributed by atoms with Crippen LogP contribution in [0.5, 0.6) is 34.5 Å². The number of ether oxygens (including phenoxy) is 6. The minimum absolute atomic E-state index is 0.148. The first-order valence-corrected chi connectivity index (χ1v) is 31.4. The third kappa shape index (κ3) is 13.5. The van der Waals surface area contributed by atoms with E-state index in [4.69, 9.17) is 80.6 Å². The van der Waals surface area contributed by atoms with E-state index in [1.165, 1.54) is 73.4 Å². The van der Waals surface area contributed by atoms with Crippen LogP contribution in [-0.4, -0.2) is 88.9 Å². The number of anilines is 1. The largest absolute Gasteiger partial charge is 0.454 e. The fraction of sp³-hybridized carbons (Fsp3) is 0.421. The number of nitrogens with one attached hydrogen (secondary N) is 2. The number of hydrogen-bond acceptors (Lipinski definition) is 17. The van der Waals surface area contributed by atoms with Gasteiger partial charge in [-0.05, 0) is 92.4 Å². The van der Waals surface area contributed by atoms with E-state index >= 15 is 0 Å². The predicted molar refractivity (Wildman–Crippen MR) is 344 cm³/mol. The van der Waals surface area contributed by atoms with Crippen molar-refractivity contribution in [3.63, 3.8) is 0 Å². The van der Waals surface area contributed by atoms with Crippen LogP contribution in [0.15, 0.2) is 74.6 Å². The zero-order valence-corrected chi connectivity index (χ0v) is 55.3. The summed E-state index contributed by atoms with van der Waals surface area (Å²) in [5, 5.41) is 5.13. The fourth-order valence-electron chi connectivity index (χ4n) is 10.7. The standard InChI is InChI=1S/C21H24ClN5O4.C15H12BrClN4O4.C8H6Cl2O2.C7H7BrN4O2.C6H13N/c1-25-18-17(19(28)26(2)21(25)29)27(20(24-18)23-13-6-4-3-5-7-13)10-12-8-15-16(9-14(12)22)31-11-30-15;1-19-12-11(13(22)20(2)15(19)23)21(14(16)18-12)5-7-3-9-10(4-8(7)17)25-6-24-9;9-3-5-1-7-8(2-6(5)10)12-4-11-7;1-11-4-3(9-6(8)10-4)5(13)12(2)7(11)14;7-6-4-2-1-3-5-6/h8-9,13H,3-7,10-11H2,1-2H3,(H,23,24);3-4H,5-6H2,1-2H3;1-2H,3-4H2;1-2H3,(H,9,10);6H,1-5,7H2. The number of aromatic nitrogens is 12. The second-order valence-electron chi connectivity index (χ2n) is 21.6. The molecule has 3 aromatic carbocycles. The van der Waals surface area contributed by atoms with Crippen LogP contribution in [0.1, 0.15) is 80.9 Å². The molecule has 474 valence electrons. The Morgan fingerprint density at radius 2 is 0.910 bits per heavy atom. The Hall–Kier alpha value is -7.21. The molecule has 9 aromatic rings. The molecule has 0 saturated heterocycles. The number of alkyl halides is 1. The Bertz CT molecular complexity index is 4580. The van der Waals surface area contributed by atoms with Gasteiger partial charge in [0, 0.05) is 93.5 Å². The number of fused-ring (bicyclic) bond motifs is 6. The van der Waals surface area contributed by atoms with Gasteiger partial charge in [0.1, 0.15) is 0 Å². The van der Waals surface area contributed by atoms with Crippen molar-refractivity contribution in [2.24, 2.45) is 48.0 Å². The van der Waals surface area contributed by atoms with Gasteiger partial charge in [-0.1, -0.05) is 73.3 Å². The zero-order chi connectivity index (χ0) is 63.7. The smallest absolute Gasteiger partial charge is 0.332 e. The lowest BCUT2D eigenvalue weighted by molar-refractivity contribution is 0.173. The van der Waals surface area contributed by atoms with Gasteiger partial charge in [-0.15, -0.1) is 11.6 Å². The van der Waals surface area contributed by atoms with Crippen LogP contribution >= 0.6 is 78.3 Å². The SMILES string of the molecule is ClCc1cc2c(cc1Cl)OCO2.Cn1c(=O)c2[nH]c(Br)nc2n(C)c1=O.Cn1c(=O)c2c(nc(Br)n2Cc2cc3c(cc2Cl)OCO3)n(C)c1=O.Cn1c(=O)c2c(nc(NC3CCCCC3)n2Cc2cc3c(cc2Cl)OCO3)n(C)c1=O.NC1CCCCC1. The minimum Gasteiger partial charge on any atom is -0.454 e. The van der Waals surface area contributed by atoms with E-state index in [2.05, 4.69) is 57.1 Å². The molecule has 5 aliphatic rings. The first-order valence-electron chi connectivity index (χ1n) is 28.2. The Morgan fingerprint density at radius 3 is 1.37 bits per heavy atom. The van der Waals surface area contributed by atoms with Crippen molar-refractivity contribution in [3.05, 3.63) is 140 Å². The summed E-state index contributed by atoms with van der Waals surface area (Å²) in [7, 11) is 9.10. The molecule has 89 heavy (non-hydrogen) atoms. The molecule has 0 bridgehead atoms. The maximum absolute atomic E-state index is 13.1. The molecule has 4 N–H and O–H groups in total. The summed E-state index contributed by atoms with van der Waals surface area (Å²) < 4.78 is 43.4. The molecular weight excluding hydrogens is 1370 g/mol. The highest BCUT2D eigenvalue weighted by Crippen LogP contribution is 2.40. The van der Waals surface area contributed by atoms with E-state index in [9.17, 15) is 28.8 Å². The average molecular weight is 1440 g/mol. The molecule has 0 atom stereocenters. The topological polar surface area (TPSA) is 290 Å². The van der Waals surface area contributed by atoms with E-state index in [1.807, 2.05) is 10.6 Å². The van der Waals surface area contributed by atoms with Gasteiger partial charge < -0.3 is 49.0 Å². The van der Waals surface area contributed by atoms with E-state index in [1.54, 1.807) is 56.0 Å². The molecule has 6 aromatic heterocycles. The Labute approximate surface area is 542 Å². The molecule has 26 nitrogen and oxygen atoms in total. The van der Waals surface area contributed by atoms with Gasteiger partial charge in [0.25, 0.3) is 16.7 Å². The highest BCUT2D eigenvalue weighted by molar-refractivity contribution is 9.10. The Kier molecular flexibility index (Phi) is 20.0. The molecule has 2 saturated carbocycles. The molecular formula is C57H62Br2Cl4N14O12. The molecule has 2 fully saturated rings. The quantitative estimate of drug-likeness (QED) is 0.100. The van der Waals surface area contributed by atoms with Crippen LogP contribution in [-0.2, 0) is 61.3 Å². The number of aryl methyl sites for hydroxylation is 3. The average Bonchev–Trinajstić information content (AvgIpc) is 1.68. The second-order valence-corrected chi connectivity index (χ2v) is 24.5. The van der Waals surface area contributed by atoms with Crippen molar-refractivity contribution in [3.8, 4) is 34.5 Å². The van der Waals surface area contributed by atoms with Crippen molar-refractivity contribution < 1.29 is 28.4 Å². The zero-order valence-electron chi connectivity index (χ0n) is 49.1. The maximum atomic E-state index is 13.1. The number of nitrogens with two attached hydrogens (primary N) is 1. The van der Waals surface area contributed by atoms with E-state index in [0.717, 1.165) is 61.8 Å². The van der Waals surface area contributed by atoms with Crippen molar-refractivity contribution >= 4 is 118 Å². The van der Waals surface area contributed by atoms with E-state index < -0.39 is 16.9 Å². The summed E-state index contributed by atoms with van der Waals surface area (Å²) in [6, 6.07) is 11.3. The Balaban J connectivity index is 0.000000133. The van der Waals surface area contributed by atoms with Crippen LogP contribution in [0.25, 0.3) is 33.5 Å². The molecule has 0 unspecified atom stereocenters. The number of nitrogens with zero attached hydrogens (tertiary/aromatic N) is 11. The van der Waals surface area contributed by atoms with E-state index in [-0.39, 0.29) is 49.8 Å². The molecule has 0 spiro atoms. The number of H-pyrrole nitrogens is 1. The third-order valence-corrected chi connectivity index (χ3v) is 18.1. The van der Waals surface area contributed by atoms with Crippen LogP contribution in [0.3, 0.4) is 0 Å². The summed E-state index contributed by atoms with van der Waals surface area (Å²) in [6.07, 6.45) is 12.3. The number of rotatable bonds is 7. The minimum atomic E-state index is -0.434. The lowest BCUT2D eigenvalue weighted by Crippen LogP contribution is -2.37. The van der Waals surface area contributed by atoms with Crippen molar-refractivity contribution in [1.29, 1.82) is 0 Å². The highest BCUT2D eigenvalue weighted by Gasteiger charge is 2.26. The number of halogens is 6. The number of benzene rings is 3. The summed E-state index contributed by atoms with van der Waals surface area (Å²) >= 11 is 30.9. The van der Waals surface area contributed by atoms with Crippen LogP contribution in [0.2, 0.25) is 15.1 Å². The van der Waals surface area contributed by atoms with Gasteiger partial charge in [0.15, 0.2) is 77.5 Å². The van der Waals surface area contributed by atoms with Crippen LogP contribution in [0.4, 0.5) is 5.95 Å². The number of imidazole rings is 3. The normalized spacial score (nSPS) is 14.8. The summed E-state index contributed by atoms with van der Waals surface area (Å²) in [4.78, 5) is 88.9. The molecule has 2 aliphatic carbocycles. The number of hydrogen-bond donors (Lipinski definition) is 3. The molecule has 32 heteroatoms. The Morgan fingerprint density at radius 1 is 0.517 bits per heavy atom. The first-order chi connectivity index (χ1) is 42.5. The molecule has 0 amide bonds. The van der Waals surface area contributed by atoms with Crippen LogP contribution in [0, 0.1) is 0 Å². The van der Waals surface area contributed by atoms with Gasteiger partial charge in [-0.25, -0.2) is 24.4 Å². The van der Waals surface area contributed by atoms with Gasteiger partial charge in [0.05, 0.1) is 13.1 Å². The monoisotopic (exact) mass is 1430 g/mol. The molecule has 14 rings (SSSR count). The second kappa shape index (κ2) is 27.5. The molecule has 3 aliphatic heterocycles. The molecule has 0 radical (unpaired) electrons. The van der Waals surface area contributed by atoms with Crippen molar-refractivity contribution in [2.45, 2.75) is 95.3 Å².